The number of halogens is 1. The third-order valence-electron chi connectivity index (χ3n) is 4.12. The molecule has 138 valence electrons. The van der Waals surface area contributed by atoms with Gasteiger partial charge in [0.15, 0.2) is 0 Å². The van der Waals surface area contributed by atoms with Crippen molar-refractivity contribution in [2.24, 2.45) is 0 Å². The lowest BCUT2D eigenvalue weighted by Crippen LogP contribution is -2.15. The molecule has 0 fully saturated rings. The van der Waals surface area contributed by atoms with E-state index in [1.165, 1.54) is 5.56 Å². The molecule has 0 aliphatic heterocycles. The molecule has 3 aromatic rings. The van der Waals surface area contributed by atoms with E-state index in [2.05, 4.69) is 10.6 Å². The van der Waals surface area contributed by atoms with Gasteiger partial charge in [0.25, 0.3) is 0 Å². The summed E-state index contributed by atoms with van der Waals surface area (Å²) in [6.45, 7) is 0.681. The lowest BCUT2D eigenvalue weighted by atomic mass is 10.1. The molecule has 0 unspecified atom stereocenters. The Hall–Kier alpha value is -2.98. The predicted octanol–water partition coefficient (Wildman–Crippen LogP) is 5.14. The summed E-state index contributed by atoms with van der Waals surface area (Å²) < 4.78 is 5.29. The SMILES string of the molecule is COc1ccccc1CC(=O)Nc1ccc(NCc2ccccc2)c(Cl)c1. The molecule has 0 saturated carbocycles. The number of benzene rings is 3. The van der Waals surface area contributed by atoms with Gasteiger partial charge in [0.05, 0.1) is 24.2 Å². The molecule has 27 heavy (non-hydrogen) atoms. The van der Waals surface area contributed by atoms with Gasteiger partial charge in [0.1, 0.15) is 5.75 Å². The first kappa shape index (κ1) is 18.8. The van der Waals surface area contributed by atoms with E-state index in [1.807, 2.05) is 66.7 Å². The molecule has 0 atom stereocenters. The monoisotopic (exact) mass is 380 g/mol. The van der Waals surface area contributed by atoms with Crippen LogP contribution in [0.25, 0.3) is 0 Å². The first-order chi connectivity index (χ1) is 13.2. The van der Waals surface area contributed by atoms with Crippen LogP contribution in [-0.4, -0.2) is 13.0 Å². The van der Waals surface area contributed by atoms with Crippen LogP contribution in [0, 0.1) is 0 Å². The smallest absolute Gasteiger partial charge is 0.228 e. The molecular formula is C22H21ClN2O2. The highest BCUT2D eigenvalue weighted by atomic mass is 35.5. The van der Waals surface area contributed by atoms with Gasteiger partial charge in [0, 0.05) is 17.8 Å². The van der Waals surface area contributed by atoms with E-state index in [0.29, 0.717) is 23.0 Å². The van der Waals surface area contributed by atoms with E-state index in [1.54, 1.807) is 13.2 Å². The standard InChI is InChI=1S/C22H21ClN2O2/c1-27-21-10-6-5-9-17(21)13-22(26)25-18-11-12-20(19(23)14-18)24-15-16-7-3-2-4-8-16/h2-12,14,24H,13,15H2,1H3,(H,25,26). The molecular weight excluding hydrogens is 360 g/mol. The molecule has 3 aromatic carbocycles. The summed E-state index contributed by atoms with van der Waals surface area (Å²) in [7, 11) is 1.59. The minimum Gasteiger partial charge on any atom is -0.496 e. The first-order valence-corrected chi connectivity index (χ1v) is 9.02. The average Bonchev–Trinajstić information content (AvgIpc) is 2.68. The van der Waals surface area contributed by atoms with Crippen molar-refractivity contribution in [2.75, 3.05) is 17.7 Å². The Labute approximate surface area is 164 Å². The highest BCUT2D eigenvalue weighted by molar-refractivity contribution is 6.33. The minimum absolute atomic E-state index is 0.124. The van der Waals surface area contributed by atoms with Crippen molar-refractivity contribution in [1.82, 2.24) is 0 Å². The van der Waals surface area contributed by atoms with Crippen molar-refractivity contribution < 1.29 is 9.53 Å². The largest absolute Gasteiger partial charge is 0.496 e. The molecule has 0 radical (unpaired) electrons. The van der Waals surface area contributed by atoms with E-state index >= 15 is 0 Å². The topological polar surface area (TPSA) is 50.4 Å². The highest BCUT2D eigenvalue weighted by Crippen LogP contribution is 2.26. The maximum absolute atomic E-state index is 12.3. The molecule has 0 aliphatic carbocycles. The normalized spacial score (nSPS) is 10.3. The molecule has 0 aromatic heterocycles. The summed E-state index contributed by atoms with van der Waals surface area (Å²) >= 11 is 6.35. The second kappa shape index (κ2) is 9.10. The summed E-state index contributed by atoms with van der Waals surface area (Å²) in [6, 6.07) is 23.0. The zero-order valence-electron chi connectivity index (χ0n) is 15.0. The Kier molecular flexibility index (Phi) is 6.34. The maximum atomic E-state index is 12.3. The van der Waals surface area contributed by atoms with Gasteiger partial charge in [0.2, 0.25) is 5.91 Å². The number of rotatable bonds is 7. The number of para-hydroxylation sites is 1. The number of amides is 1. The van der Waals surface area contributed by atoms with Crippen LogP contribution in [0.3, 0.4) is 0 Å². The summed E-state index contributed by atoms with van der Waals surface area (Å²) in [5, 5.41) is 6.74. The highest BCUT2D eigenvalue weighted by Gasteiger charge is 2.10. The molecule has 0 bridgehead atoms. The van der Waals surface area contributed by atoms with Crippen LogP contribution >= 0.6 is 11.6 Å². The summed E-state index contributed by atoms with van der Waals surface area (Å²) in [5.74, 6) is 0.576. The molecule has 0 saturated heterocycles. The van der Waals surface area contributed by atoms with Crippen molar-refractivity contribution in [3.8, 4) is 5.75 Å². The summed E-state index contributed by atoms with van der Waals surface area (Å²) in [4.78, 5) is 12.3. The number of ether oxygens (including phenoxy) is 1. The van der Waals surface area contributed by atoms with Crippen LogP contribution in [0.5, 0.6) is 5.75 Å². The maximum Gasteiger partial charge on any atom is 0.228 e. The molecule has 2 N–H and O–H groups in total. The molecule has 0 heterocycles. The van der Waals surface area contributed by atoms with Gasteiger partial charge in [-0.3, -0.25) is 4.79 Å². The molecule has 3 rings (SSSR count). The second-order valence-corrected chi connectivity index (χ2v) is 6.48. The van der Waals surface area contributed by atoms with Crippen LogP contribution in [0.2, 0.25) is 5.02 Å². The van der Waals surface area contributed by atoms with Crippen LogP contribution in [-0.2, 0) is 17.8 Å². The van der Waals surface area contributed by atoms with Crippen LogP contribution in [0.1, 0.15) is 11.1 Å². The molecule has 5 heteroatoms. The summed E-state index contributed by atoms with van der Waals surface area (Å²) in [6.07, 6.45) is 0.232. The number of carbonyl (C=O) groups is 1. The van der Waals surface area contributed by atoms with Crippen LogP contribution < -0.4 is 15.4 Å². The van der Waals surface area contributed by atoms with E-state index in [-0.39, 0.29) is 12.3 Å². The number of nitrogens with one attached hydrogen (secondary N) is 2. The fourth-order valence-electron chi connectivity index (χ4n) is 2.76. The van der Waals surface area contributed by atoms with Crippen molar-refractivity contribution in [3.63, 3.8) is 0 Å². The summed E-state index contributed by atoms with van der Waals surface area (Å²) in [5.41, 5.74) is 3.49. The number of hydrogen-bond donors (Lipinski definition) is 2. The Bertz CT molecular complexity index is 913. The van der Waals surface area contributed by atoms with Crippen molar-refractivity contribution in [2.45, 2.75) is 13.0 Å². The number of carbonyl (C=O) groups excluding carboxylic acids is 1. The number of hydrogen-bond acceptors (Lipinski definition) is 3. The van der Waals surface area contributed by atoms with Gasteiger partial charge in [-0.1, -0.05) is 60.1 Å². The Morgan fingerprint density at radius 2 is 1.74 bits per heavy atom. The quantitative estimate of drug-likeness (QED) is 0.596. The van der Waals surface area contributed by atoms with Crippen molar-refractivity contribution in [1.29, 1.82) is 0 Å². The fourth-order valence-corrected chi connectivity index (χ4v) is 3.00. The Morgan fingerprint density at radius 1 is 1.00 bits per heavy atom. The van der Waals surface area contributed by atoms with Crippen molar-refractivity contribution >= 4 is 28.9 Å². The predicted molar refractivity (Wildman–Crippen MR) is 111 cm³/mol. The first-order valence-electron chi connectivity index (χ1n) is 8.65. The van der Waals surface area contributed by atoms with Gasteiger partial charge in [-0.25, -0.2) is 0 Å². The zero-order chi connectivity index (χ0) is 19.1. The van der Waals surface area contributed by atoms with E-state index in [0.717, 1.165) is 11.3 Å². The van der Waals surface area contributed by atoms with E-state index in [9.17, 15) is 4.79 Å². The average molecular weight is 381 g/mol. The van der Waals surface area contributed by atoms with Crippen LogP contribution in [0.15, 0.2) is 72.8 Å². The zero-order valence-corrected chi connectivity index (χ0v) is 15.8. The number of methoxy groups -OCH3 is 1. The lowest BCUT2D eigenvalue weighted by Gasteiger charge is -2.12. The molecule has 0 spiro atoms. The third-order valence-corrected chi connectivity index (χ3v) is 4.43. The molecule has 4 nitrogen and oxygen atoms in total. The fraction of sp³-hybridized carbons (Fsp3) is 0.136. The van der Waals surface area contributed by atoms with Gasteiger partial charge in [-0.05, 0) is 29.8 Å². The van der Waals surface area contributed by atoms with Gasteiger partial charge >= 0.3 is 0 Å². The van der Waals surface area contributed by atoms with E-state index in [4.69, 9.17) is 16.3 Å². The van der Waals surface area contributed by atoms with E-state index < -0.39 is 0 Å². The third kappa shape index (κ3) is 5.25. The van der Waals surface area contributed by atoms with Gasteiger partial charge in [-0.15, -0.1) is 0 Å². The Morgan fingerprint density at radius 3 is 2.48 bits per heavy atom. The van der Waals surface area contributed by atoms with Gasteiger partial charge < -0.3 is 15.4 Å². The molecule has 1 amide bonds. The minimum atomic E-state index is -0.124. The van der Waals surface area contributed by atoms with Gasteiger partial charge in [-0.2, -0.15) is 0 Å². The molecule has 0 aliphatic rings. The van der Waals surface area contributed by atoms with Crippen molar-refractivity contribution in [3.05, 3.63) is 88.9 Å². The lowest BCUT2D eigenvalue weighted by molar-refractivity contribution is -0.115. The second-order valence-electron chi connectivity index (χ2n) is 6.07. The van der Waals surface area contributed by atoms with Crippen LogP contribution in [0.4, 0.5) is 11.4 Å². The Balaban J connectivity index is 1.60. The number of anilines is 2.